The lowest BCUT2D eigenvalue weighted by Crippen LogP contribution is -2.44. The zero-order chi connectivity index (χ0) is 12.4. The van der Waals surface area contributed by atoms with Crippen molar-refractivity contribution < 1.29 is 14.3 Å². The van der Waals surface area contributed by atoms with E-state index < -0.39 is 0 Å². The van der Waals surface area contributed by atoms with Crippen molar-refractivity contribution >= 4 is 11.8 Å². The molecular weight excluding hydrogens is 222 g/mol. The number of nitrogens with two attached hydrogens (primary N) is 1. The molecule has 0 spiro atoms. The summed E-state index contributed by atoms with van der Waals surface area (Å²) in [6, 6.07) is -0.114. The summed E-state index contributed by atoms with van der Waals surface area (Å²) in [5.41, 5.74) is 5.82. The van der Waals surface area contributed by atoms with Crippen LogP contribution < -0.4 is 11.1 Å². The number of carbonyl (C=O) groups is 2. The van der Waals surface area contributed by atoms with Gasteiger partial charge in [0.25, 0.3) is 0 Å². The van der Waals surface area contributed by atoms with E-state index in [1.54, 1.807) is 4.90 Å². The Balaban J connectivity index is 1.87. The third-order valence-electron chi connectivity index (χ3n) is 3.35. The van der Waals surface area contributed by atoms with Crippen LogP contribution in [0, 0.1) is 5.92 Å². The fourth-order valence-corrected chi connectivity index (χ4v) is 2.43. The summed E-state index contributed by atoms with van der Waals surface area (Å²) < 4.78 is 5.20. The third-order valence-corrected chi connectivity index (χ3v) is 3.35. The number of carbonyl (C=O) groups excluding carboxylic acids is 2. The van der Waals surface area contributed by atoms with Crippen molar-refractivity contribution in [2.45, 2.75) is 25.4 Å². The van der Waals surface area contributed by atoms with Crippen molar-refractivity contribution in [3.05, 3.63) is 0 Å². The largest absolute Gasteiger partial charge is 0.379 e. The van der Waals surface area contributed by atoms with Crippen LogP contribution in [0.5, 0.6) is 0 Å². The van der Waals surface area contributed by atoms with Crippen molar-refractivity contribution in [1.29, 1.82) is 0 Å². The van der Waals surface area contributed by atoms with Gasteiger partial charge in [-0.05, 0) is 6.42 Å². The Kier molecular flexibility index (Phi) is 3.63. The number of ether oxygens (including phenoxy) is 1. The second-order valence-corrected chi connectivity index (χ2v) is 4.78. The van der Waals surface area contributed by atoms with Gasteiger partial charge in [-0.15, -0.1) is 0 Å². The lowest BCUT2D eigenvalue weighted by molar-refractivity contribution is -0.135. The number of likely N-dealkylation sites (tertiary alicyclic amines) is 1. The molecule has 2 amide bonds. The van der Waals surface area contributed by atoms with Gasteiger partial charge in [-0.25, -0.2) is 0 Å². The van der Waals surface area contributed by atoms with E-state index in [1.165, 1.54) is 6.92 Å². The molecule has 6 nitrogen and oxygen atoms in total. The summed E-state index contributed by atoms with van der Waals surface area (Å²) >= 11 is 0. The minimum absolute atomic E-state index is 0.0507. The number of amides is 2. The van der Waals surface area contributed by atoms with Crippen LogP contribution in [0.3, 0.4) is 0 Å². The molecule has 6 heteroatoms. The van der Waals surface area contributed by atoms with Gasteiger partial charge in [0.15, 0.2) is 0 Å². The molecule has 2 aliphatic heterocycles. The SMILES string of the molecule is CC(=O)NC1CCN(C(=O)C2COCC2N)C1. The Morgan fingerprint density at radius 3 is 2.76 bits per heavy atom. The first-order valence-electron chi connectivity index (χ1n) is 5.97. The molecular formula is C11H19N3O3. The summed E-state index contributed by atoms with van der Waals surface area (Å²) in [6.07, 6.45) is 0.814. The topological polar surface area (TPSA) is 84.7 Å². The van der Waals surface area contributed by atoms with Crippen LogP contribution in [0.15, 0.2) is 0 Å². The Morgan fingerprint density at radius 1 is 1.41 bits per heavy atom. The van der Waals surface area contributed by atoms with E-state index in [4.69, 9.17) is 10.5 Å². The summed E-state index contributed by atoms with van der Waals surface area (Å²) in [4.78, 5) is 24.9. The lowest BCUT2D eigenvalue weighted by Gasteiger charge is -2.22. The van der Waals surface area contributed by atoms with E-state index in [-0.39, 0.29) is 29.8 Å². The van der Waals surface area contributed by atoms with E-state index >= 15 is 0 Å². The highest BCUT2D eigenvalue weighted by molar-refractivity contribution is 5.80. The van der Waals surface area contributed by atoms with Crippen LogP contribution in [0.25, 0.3) is 0 Å². The normalized spacial score (nSPS) is 32.8. The monoisotopic (exact) mass is 241 g/mol. The minimum Gasteiger partial charge on any atom is -0.379 e. The van der Waals surface area contributed by atoms with Crippen molar-refractivity contribution in [1.82, 2.24) is 10.2 Å². The molecule has 2 saturated heterocycles. The molecule has 0 aliphatic carbocycles. The predicted octanol–water partition coefficient (Wildman–Crippen LogP) is -1.30. The quantitative estimate of drug-likeness (QED) is 0.629. The van der Waals surface area contributed by atoms with Crippen molar-refractivity contribution in [3.8, 4) is 0 Å². The van der Waals surface area contributed by atoms with Gasteiger partial charge in [0.1, 0.15) is 0 Å². The Hall–Kier alpha value is -1.14. The summed E-state index contributed by atoms with van der Waals surface area (Å²) in [7, 11) is 0. The second-order valence-electron chi connectivity index (χ2n) is 4.78. The molecule has 0 bridgehead atoms. The first kappa shape index (κ1) is 12.3. The van der Waals surface area contributed by atoms with Gasteiger partial charge in [-0.3, -0.25) is 9.59 Å². The Morgan fingerprint density at radius 2 is 2.18 bits per heavy atom. The highest BCUT2D eigenvalue weighted by Gasteiger charge is 2.37. The molecule has 96 valence electrons. The molecule has 3 N–H and O–H groups in total. The Bertz CT molecular complexity index is 321. The first-order chi connectivity index (χ1) is 8.08. The predicted molar refractivity (Wildman–Crippen MR) is 61.1 cm³/mol. The number of hydrogen-bond acceptors (Lipinski definition) is 4. The highest BCUT2D eigenvalue weighted by Crippen LogP contribution is 2.18. The van der Waals surface area contributed by atoms with E-state index in [0.717, 1.165) is 6.42 Å². The molecule has 0 aromatic carbocycles. The number of nitrogens with zero attached hydrogens (tertiary/aromatic N) is 1. The summed E-state index contributed by atoms with van der Waals surface area (Å²) in [6.45, 7) is 3.64. The average molecular weight is 241 g/mol. The molecule has 2 fully saturated rings. The summed E-state index contributed by atoms with van der Waals surface area (Å²) in [5, 5.41) is 2.83. The van der Waals surface area contributed by atoms with Gasteiger partial charge >= 0.3 is 0 Å². The summed E-state index contributed by atoms with van der Waals surface area (Å²) in [5.74, 6) is -0.209. The minimum atomic E-state index is -0.217. The zero-order valence-corrected chi connectivity index (χ0v) is 10.0. The lowest BCUT2D eigenvalue weighted by atomic mass is 10.0. The zero-order valence-electron chi connectivity index (χ0n) is 10.0. The molecule has 2 aliphatic rings. The molecule has 0 aromatic heterocycles. The third kappa shape index (κ3) is 2.76. The van der Waals surface area contributed by atoms with Gasteiger partial charge in [0.2, 0.25) is 11.8 Å². The molecule has 2 heterocycles. The highest BCUT2D eigenvalue weighted by atomic mass is 16.5. The fraction of sp³-hybridized carbons (Fsp3) is 0.818. The smallest absolute Gasteiger partial charge is 0.229 e. The van der Waals surface area contributed by atoms with Crippen molar-refractivity contribution in [3.63, 3.8) is 0 Å². The second kappa shape index (κ2) is 5.01. The van der Waals surface area contributed by atoms with Crippen LogP contribution in [-0.2, 0) is 14.3 Å². The van der Waals surface area contributed by atoms with Crippen LogP contribution in [0.4, 0.5) is 0 Å². The van der Waals surface area contributed by atoms with Gasteiger partial charge in [0, 0.05) is 32.1 Å². The van der Waals surface area contributed by atoms with Crippen molar-refractivity contribution in [2.75, 3.05) is 26.3 Å². The number of rotatable bonds is 2. The fourth-order valence-electron chi connectivity index (χ4n) is 2.43. The maximum Gasteiger partial charge on any atom is 0.229 e. The average Bonchev–Trinajstić information content (AvgIpc) is 2.85. The Labute approximate surface area is 100 Å². The molecule has 2 rings (SSSR count). The van der Waals surface area contributed by atoms with Gasteiger partial charge in [-0.2, -0.15) is 0 Å². The number of nitrogens with one attached hydrogen (secondary N) is 1. The van der Waals surface area contributed by atoms with Crippen LogP contribution >= 0.6 is 0 Å². The molecule has 0 radical (unpaired) electrons. The molecule has 17 heavy (non-hydrogen) atoms. The van der Waals surface area contributed by atoms with Crippen LogP contribution in [0.1, 0.15) is 13.3 Å². The van der Waals surface area contributed by atoms with Gasteiger partial charge in [0.05, 0.1) is 19.1 Å². The van der Waals surface area contributed by atoms with Gasteiger partial charge < -0.3 is 20.7 Å². The van der Waals surface area contributed by atoms with E-state index in [2.05, 4.69) is 5.32 Å². The molecule has 0 saturated carbocycles. The van der Waals surface area contributed by atoms with E-state index in [9.17, 15) is 9.59 Å². The van der Waals surface area contributed by atoms with Crippen molar-refractivity contribution in [2.24, 2.45) is 11.7 Å². The van der Waals surface area contributed by atoms with Crippen LogP contribution in [0.2, 0.25) is 0 Å². The maximum absolute atomic E-state index is 12.1. The molecule has 3 atom stereocenters. The number of hydrogen-bond donors (Lipinski definition) is 2. The van der Waals surface area contributed by atoms with E-state index in [1.807, 2.05) is 0 Å². The molecule has 3 unspecified atom stereocenters. The first-order valence-corrected chi connectivity index (χ1v) is 5.97. The maximum atomic E-state index is 12.1. The standard InChI is InChI=1S/C11H19N3O3/c1-7(15)13-8-2-3-14(4-8)11(16)9-5-17-6-10(9)12/h8-10H,2-6,12H2,1H3,(H,13,15). The molecule has 0 aromatic rings. The van der Waals surface area contributed by atoms with Crippen LogP contribution in [-0.4, -0.2) is 55.1 Å². The van der Waals surface area contributed by atoms with Gasteiger partial charge in [-0.1, -0.05) is 0 Å². The van der Waals surface area contributed by atoms with E-state index in [0.29, 0.717) is 26.3 Å².